The Hall–Kier alpha value is -3.48. The van der Waals surface area contributed by atoms with Crippen molar-refractivity contribution in [2.24, 2.45) is 11.3 Å². The van der Waals surface area contributed by atoms with Crippen LogP contribution >= 0.6 is 11.3 Å². The number of nitrogens with zero attached hydrogens (tertiary/aromatic N) is 1. The van der Waals surface area contributed by atoms with E-state index in [1.165, 1.54) is 45.6 Å². The summed E-state index contributed by atoms with van der Waals surface area (Å²) in [5.74, 6) is -4.63. The van der Waals surface area contributed by atoms with Crippen molar-refractivity contribution in [1.29, 1.82) is 0 Å². The second kappa shape index (κ2) is 14.6. The Kier molecular flexibility index (Phi) is 11.9. The van der Waals surface area contributed by atoms with Crippen LogP contribution in [0.2, 0.25) is 0 Å². The SMILES string of the molecule is COC[C@H](CC(=O)[C@H](COC)NC(=O)c1cnc(C)s1)C(=O)N[C@@H](Cc1ccccc1)C(=O)C(C)(C)C(=O)O. The topological polar surface area (TPSA) is 161 Å². The summed E-state index contributed by atoms with van der Waals surface area (Å²) in [6.45, 7) is 4.04. The zero-order chi connectivity index (χ0) is 29.2. The highest BCUT2D eigenvalue weighted by atomic mass is 32.1. The molecule has 212 valence electrons. The number of aliphatic carboxylic acids is 1. The summed E-state index contributed by atoms with van der Waals surface area (Å²) in [6.07, 6.45) is 1.16. The maximum atomic E-state index is 13.3. The first-order valence-corrected chi connectivity index (χ1v) is 13.1. The molecule has 0 radical (unpaired) electrons. The molecular formula is C27H35N3O8S. The highest BCUT2D eigenvalue weighted by Gasteiger charge is 2.41. The van der Waals surface area contributed by atoms with Gasteiger partial charge in [0.2, 0.25) is 5.91 Å². The first-order valence-electron chi connectivity index (χ1n) is 12.3. The van der Waals surface area contributed by atoms with Crippen molar-refractivity contribution >= 4 is 40.7 Å². The minimum atomic E-state index is -1.76. The molecule has 2 aromatic rings. The summed E-state index contributed by atoms with van der Waals surface area (Å²) < 4.78 is 10.3. The lowest BCUT2D eigenvalue weighted by atomic mass is 9.82. The molecule has 0 aliphatic carbocycles. The van der Waals surface area contributed by atoms with Crippen LogP contribution in [0.1, 0.15) is 40.5 Å². The van der Waals surface area contributed by atoms with Gasteiger partial charge in [0.1, 0.15) is 16.3 Å². The van der Waals surface area contributed by atoms with Crippen molar-refractivity contribution in [1.82, 2.24) is 15.6 Å². The van der Waals surface area contributed by atoms with Crippen LogP contribution < -0.4 is 10.6 Å². The van der Waals surface area contributed by atoms with E-state index in [1.807, 2.05) is 0 Å². The Bertz CT molecular complexity index is 1160. The number of carboxylic acids is 1. The summed E-state index contributed by atoms with van der Waals surface area (Å²) >= 11 is 1.18. The van der Waals surface area contributed by atoms with Crippen LogP contribution in [0.4, 0.5) is 0 Å². The highest BCUT2D eigenvalue weighted by molar-refractivity contribution is 7.13. The van der Waals surface area contributed by atoms with Crippen LogP contribution in [-0.4, -0.2) is 79.0 Å². The molecule has 0 aliphatic heterocycles. The number of Topliss-reactive ketones (excluding diaryl/α,β-unsaturated/α-hetero) is 2. The van der Waals surface area contributed by atoms with E-state index < -0.39 is 52.8 Å². The highest BCUT2D eigenvalue weighted by Crippen LogP contribution is 2.22. The molecule has 12 heteroatoms. The Balaban J connectivity index is 2.22. The van der Waals surface area contributed by atoms with Gasteiger partial charge in [0, 0.05) is 20.6 Å². The first-order chi connectivity index (χ1) is 18.4. The molecule has 0 saturated heterocycles. The summed E-state index contributed by atoms with van der Waals surface area (Å²) in [6, 6.07) is 6.66. The van der Waals surface area contributed by atoms with Crippen LogP contribution in [0.3, 0.4) is 0 Å². The molecule has 2 amide bonds. The van der Waals surface area contributed by atoms with E-state index in [2.05, 4.69) is 15.6 Å². The lowest BCUT2D eigenvalue weighted by molar-refractivity contribution is -0.154. The maximum Gasteiger partial charge on any atom is 0.316 e. The van der Waals surface area contributed by atoms with Gasteiger partial charge in [-0.1, -0.05) is 30.3 Å². The summed E-state index contributed by atoms with van der Waals surface area (Å²) in [5.41, 5.74) is -1.04. The molecule has 11 nitrogen and oxygen atoms in total. The van der Waals surface area contributed by atoms with Crippen LogP contribution in [0.25, 0.3) is 0 Å². The van der Waals surface area contributed by atoms with Gasteiger partial charge in [0.25, 0.3) is 5.91 Å². The molecule has 1 aromatic carbocycles. The third-order valence-corrected chi connectivity index (χ3v) is 7.04. The average molecular weight is 562 g/mol. The number of amides is 2. The van der Waals surface area contributed by atoms with Gasteiger partial charge in [-0.2, -0.15) is 0 Å². The predicted molar refractivity (Wildman–Crippen MR) is 143 cm³/mol. The number of hydrogen-bond donors (Lipinski definition) is 3. The minimum Gasteiger partial charge on any atom is -0.481 e. The second-order valence-corrected chi connectivity index (χ2v) is 10.8. The smallest absolute Gasteiger partial charge is 0.316 e. The van der Waals surface area contributed by atoms with E-state index in [-0.39, 0.29) is 26.1 Å². The number of hydrogen-bond acceptors (Lipinski definition) is 9. The van der Waals surface area contributed by atoms with Gasteiger partial charge >= 0.3 is 5.97 Å². The van der Waals surface area contributed by atoms with Gasteiger partial charge in [-0.25, -0.2) is 4.98 Å². The molecular weight excluding hydrogens is 526 g/mol. The van der Waals surface area contributed by atoms with Gasteiger partial charge < -0.3 is 25.2 Å². The van der Waals surface area contributed by atoms with Gasteiger partial charge in [-0.3, -0.25) is 24.0 Å². The molecule has 0 aliphatic rings. The number of carbonyl (C=O) groups is 5. The lowest BCUT2D eigenvalue weighted by Gasteiger charge is -2.27. The van der Waals surface area contributed by atoms with Crippen LogP contribution in [0.5, 0.6) is 0 Å². The Morgan fingerprint density at radius 2 is 1.64 bits per heavy atom. The standard InChI is InChI=1S/C27H35N3O8S/c1-16-28-13-22(39-16)25(34)30-20(15-38-5)21(31)12-18(14-37-4)24(33)29-19(11-17-9-7-6-8-10-17)23(32)27(2,3)26(35)36/h6-10,13,18-20H,11-12,14-15H2,1-5H3,(H,29,33)(H,30,34)(H,35,36)/t18-,19-,20-/m0/s1. The maximum absolute atomic E-state index is 13.3. The quantitative estimate of drug-likeness (QED) is 0.260. The molecule has 1 heterocycles. The van der Waals surface area contributed by atoms with Crippen molar-refractivity contribution in [3.63, 3.8) is 0 Å². The van der Waals surface area contributed by atoms with E-state index in [9.17, 15) is 29.1 Å². The summed E-state index contributed by atoms with van der Waals surface area (Å²) in [5, 5.41) is 15.6. The number of carbonyl (C=O) groups excluding carboxylic acids is 4. The molecule has 0 bridgehead atoms. The van der Waals surface area contributed by atoms with Crippen LogP contribution in [0, 0.1) is 18.3 Å². The molecule has 2 rings (SSSR count). The number of carboxylic acid groups (broad SMARTS) is 1. The monoisotopic (exact) mass is 561 g/mol. The van der Waals surface area contributed by atoms with Gasteiger partial charge in [0.05, 0.1) is 36.4 Å². The number of ether oxygens (including phenoxy) is 2. The third-order valence-electron chi connectivity index (χ3n) is 6.12. The molecule has 39 heavy (non-hydrogen) atoms. The van der Waals surface area contributed by atoms with Gasteiger partial charge in [0.15, 0.2) is 11.6 Å². The molecule has 0 spiro atoms. The van der Waals surface area contributed by atoms with Crippen molar-refractivity contribution in [2.75, 3.05) is 27.4 Å². The van der Waals surface area contributed by atoms with E-state index in [1.54, 1.807) is 37.3 Å². The Morgan fingerprint density at radius 3 is 2.18 bits per heavy atom. The van der Waals surface area contributed by atoms with E-state index in [0.717, 1.165) is 5.56 Å². The molecule has 3 atom stereocenters. The minimum absolute atomic E-state index is 0.0619. The number of methoxy groups -OCH3 is 2. The van der Waals surface area contributed by atoms with Crippen LogP contribution in [0.15, 0.2) is 36.5 Å². The average Bonchev–Trinajstić information content (AvgIpc) is 3.34. The summed E-state index contributed by atoms with van der Waals surface area (Å²) in [4.78, 5) is 68.5. The van der Waals surface area contributed by atoms with Crippen LogP contribution in [-0.2, 0) is 35.1 Å². The second-order valence-electron chi connectivity index (χ2n) is 9.59. The predicted octanol–water partition coefficient (Wildman–Crippen LogP) is 1.83. The van der Waals surface area contributed by atoms with E-state index >= 15 is 0 Å². The van der Waals surface area contributed by atoms with E-state index in [0.29, 0.717) is 9.88 Å². The lowest BCUT2D eigenvalue weighted by Crippen LogP contribution is -2.52. The van der Waals surface area contributed by atoms with Gasteiger partial charge in [-0.05, 0) is 32.8 Å². The third kappa shape index (κ3) is 9.05. The van der Waals surface area contributed by atoms with Crippen molar-refractivity contribution in [3.05, 3.63) is 52.0 Å². The zero-order valence-electron chi connectivity index (χ0n) is 22.7. The number of nitrogens with one attached hydrogen (secondary N) is 2. The van der Waals surface area contributed by atoms with Crippen molar-refractivity contribution in [3.8, 4) is 0 Å². The zero-order valence-corrected chi connectivity index (χ0v) is 23.5. The number of rotatable bonds is 16. The molecule has 0 fully saturated rings. The van der Waals surface area contributed by atoms with E-state index in [4.69, 9.17) is 9.47 Å². The van der Waals surface area contributed by atoms with Gasteiger partial charge in [-0.15, -0.1) is 11.3 Å². The largest absolute Gasteiger partial charge is 0.481 e. The fourth-order valence-corrected chi connectivity index (χ4v) is 4.46. The fourth-order valence-electron chi connectivity index (χ4n) is 3.78. The summed E-state index contributed by atoms with van der Waals surface area (Å²) in [7, 11) is 2.75. The molecule has 3 N–H and O–H groups in total. The molecule has 0 unspecified atom stereocenters. The number of aromatic nitrogens is 1. The first kappa shape index (κ1) is 31.7. The molecule has 0 saturated carbocycles. The number of benzene rings is 1. The normalized spacial score (nSPS) is 13.7. The number of aryl methyl sites for hydroxylation is 1. The van der Waals surface area contributed by atoms with Crippen molar-refractivity contribution < 1.29 is 38.6 Å². The molecule has 1 aromatic heterocycles. The Morgan fingerprint density at radius 1 is 1.00 bits per heavy atom. The number of thiazole rings is 1. The fraction of sp³-hybridized carbons (Fsp3) is 0.481. The number of ketones is 2. The Labute approximate surface area is 231 Å². The van der Waals surface area contributed by atoms with Crippen molar-refractivity contribution in [2.45, 2.75) is 45.7 Å².